The quantitative estimate of drug-likeness (QED) is 0.496. The highest BCUT2D eigenvalue weighted by atomic mass is 32.1. The summed E-state index contributed by atoms with van der Waals surface area (Å²) in [6.45, 7) is 5.53. The molecule has 2 N–H and O–H groups in total. The van der Waals surface area contributed by atoms with Crippen molar-refractivity contribution in [2.75, 3.05) is 26.2 Å². The van der Waals surface area contributed by atoms with Gasteiger partial charge in [0.25, 0.3) is 5.91 Å². The number of aromatic hydroxyl groups is 1. The minimum absolute atomic E-state index is 0.00391. The van der Waals surface area contributed by atoms with Gasteiger partial charge in [0.1, 0.15) is 10.8 Å². The van der Waals surface area contributed by atoms with Crippen LogP contribution in [0.2, 0.25) is 0 Å². The van der Waals surface area contributed by atoms with Gasteiger partial charge in [0.05, 0.1) is 11.5 Å². The standard InChI is InChI=1S/C25H27FN4O4S/c1-3-29(14-15(2)24(33)30-9-4-10-30)25(34)20-22(32)21(31)19(13-27-20)23-28-12-18(35-23)11-16-5-7-17(26)8-6-16/h5-8,12-13,15,32H,3-4,9-11,14H2,1-2H3,(H,27,31)/t15-/m1/s1. The monoisotopic (exact) mass is 498 g/mol. The fourth-order valence-corrected chi connectivity index (χ4v) is 4.89. The van der Waals surface area contributed by atoms with Gasteiger partial charge in [0.2, 0.25) is 11.3 Å². The molecule has 1 saturated heterocycles. The number of nitrogens with one attached hydrogen (secondary N) is 1. The fourth-order valence-electron chi connectivity index (χ4n) is 3.93. The Morgan fingerprint density at radius 3 is 2.63 bits per heavy atom. The number of carbonyl (C=O) groups is 2. The highest BCUT2D eigenvalue weighted by Gasteiger charge is 2.29. The van der Waals surface area contributed by atoms with Gasteiger partial charge in [-0.05, 0) is 31.0 Å². The van der Waals surface area contributed by atoms with Crippen molar-refractivity contribution in [3.63, 3.8) is 0 Å². The second-order valence-electron chi connectivity index (χ2n) is 8.61. The Kier molecular flexibility index (Phi) is 7.30. The van der Waals surface area contributed by atoms with Gasteiger partial charge in [-0.2, -0.15) is 0 Å². The van der Waals surface area contributed by atoms with E-state index < -0.39 is 17.1 Å². The summed E-state index contributed by atoms with van der Waals surface area (Å²) >= 11 is 1.28. The summed E-state index contributed by atoms with van der Waals surface area (Å²) in [5.41, 5.74) is 0.141. The van der Waals surface area contributed by atoms with E-state index in [4.69, 9.17) is 0 Å². The summed E-state index contributed by atoms with van der Waals surface area (Å²) in [5, 5.41) is 11.0. The molecule has 10 heteroatoms. The third-order valence-electron chi connectivity index (χ3n) is 6.10. The zero-order valence-electron chi connectivity index (χ0n) is 19.6. The third-order valence-corrected chi connectivity index (χ3v) is 7.13. The Morgan fingerprint density at radius 1 is 1.29 bits per heavy atom. The number of H-pyrrole nitrogens is 1. The number of thiazole rings is 1. The number of carbonyl (C=O) groups excluding carboxylic acids is 2. The molecule has 4 rings (SSSR count). The number of nitrogens with zero attached hydrogens (tertiary/aromatic N) is 3. The van der Waals surface area contributed by atoms with Crippen molar-refractivity contribution in [1.82, 2.24) is 19.8 Å². The molecule has 2 aromatic heterocycles. The number of aromatic nitrogens is 2. The number of pyridine rings is 1. The van der Waals surface area contributed by atoms with Gasteiger partial charge in [0, 0.05) is 49.9 Å². The number of benzene rings is 1. The average Bonchev–Trinajstić information content (AvgIpc) is 3.27. The van der Waals surface area contributed by atoms with Crippen LogP contribution in [0.5, 0.6) is 5.75 Å². The van der Waals surface area contributed by atoms with E-state index >= 15 is 0 Å². The second kappa shape index (κ2) is 10.4. The van der Waals surface area contributed by atoms with Crippen LogP contribution in [-0.2, 0) is 11.2 Å². The topological polar surface area (TPSA) is 107 Å². The SMILES string of the molecule is CCN(C[C@@H](C)C(=O)N1CCC1)C(=O)c1[nH]cc(-c2ncc(Cc3ccc(F)cc3)s2)c(=O)c1O. The van der Waals surface area contributed by atoms with Crippen LogP contribution in [0.4, 0.5) is 4.39 Å². The molecule has 8 nitrogen and oxygen atoms in total. The molecule has 0 aliphatic carbocycles. The number of halogens is 1. The normalized spacial score (nSPS) is 13.9. The third kappa shape index (κ3) is 5.27. The summed E-state index contributed by atoms with van der Waals surface area (Å²) in [6.07, 6.45) is 4.52. The van der Waals surface area contributed by atoms with Crippen molar-refractivity contribution in [2.45, 2.75) is 26.7 Å². The maximum absolute atomic E-state index is 13.1. The van der Waals surface area contributed by atoms with E-state index in [0.717, 1.165) is 30.0 Å². The number of amides is 2. The van der Waals surface area contributed by atoms with E-state index in [1.165, 1.54) is 34.6 Å². The molecule has 3 heterocycles. The average molecular weight is 499 g/mol. The van der Waals surface area contributed by atoms with Gasteiger partial charge in [-0.25, -0.2) is 9.37 Å². The Labute approximate surface area is 206 Å². The number of rotatable bonds is 8. The Bertz CT molecular complexity index is 1280. The first-order chi connectivity index (χ1) is 16.8. The maximum Gasteiger partial charge on any atom is 0.274 e. The van der Waals surface area contributed by atoms with Crippen LogP contribution in [0.3, 0.4) is 0 Å². The highest BCUT2D eigenvalue weighted by molar-refractivity contribution is 7.15. The fraction of sp³-hybridized carbons (Fsp3) is 0.360. The Hall–Kier alpha value is -3.53. The molecule has 0 spiro atoms. The predicted molar refractivity (Wildman–Crippen MR) is 131 cm³/mol. The van der Waals surface area contributed by atoms with Crippen molar-refractivity contribution in [1.29, 1.82) is 0 Å². The zero-order valence-corrected chi connectivity index (χ0v) is 20.4. The lowest BCUT2D eigenvalue weighted by Crippen LogP contribution is -2.48. The lowest BCUT2D eigenvalue weighted by Gasteiger charge is -2.34. The summed E-state index contributed by atoms with van der Waals surface area (Å²) in [6, 6.07) is 6.14. The first-order valence-electron chi connectivity index (χ1n) is 11.5. The predicted octanol–water partition coefficient (Wildman–Crippen LogP) is 3.26. The van der Waals surface area contributed by atoms with E-state index in [1.807, 2.05) is 0 Å². The van der Waals surface area contributed by atoms with Gasteiger partial charge in [-0.3, -0.25) is 14.4 Å². The molecule has 0 bridgehead atoms. The largest absolute Gasteiger partial charge is 0.503 e. The van der Waals surface area contributed by atoms with Crippen LogP contribution in [0.1, 0.15) is 41.2 Å². The first kappa shape index (κ1) is 24.6. The highest BCUT2D eigenvalue weighted by Crippen LogP contribution is 2.26. The summed E-state index contributed by atoms with van der Waals surface area (Å²) in [5.74, 6) is -1.93. The van der Waals surface area contributed by atoms with E-state index in [0.29, 0.717) is 18.0 Å². The van der Waals surface area contributed by atoms with E-state index in [1.54, 1.807) is 37.1 Å². The van der Waals surface area contributed by atoms with Crippen molar-refractivity contribution in [2.24, 2.45) is 5.92 Å². The molecule has 1 fully saturated rings. The molecule has 1 atom stereocenters. The van der Waals surface area contributed by atoms with E-state index in [-0.39, 0.29) is 35.4 Å². The smallest absolute Gasteiger partial charge is 0.274 e. The van der Waals surface area contributed by atoms with Crippen LogP contribution in [-0.4, -0.2) is 62.9 Å². The molecule has 1 aliphatic heterocycles. The van der Waals surface area contributed by atoms with E-state index in [2.05, 4.69) is 9.97 Å². The summed E-state index contributed by atoms with van der Waals surface area (Å²) in [7, 11) is 0. The molecule has 1 aromatic carbocycles. The van der Waals surface area contributed by atoms with Crippen molar-refractivity contribution < 1.29 is 19.1 Å². The van der Waals surface area contributed by atoms with Gasteiger partial charge >= 0.3 is 0 Å². The van der Waals surface area contributed by atoms with Crippen LogP contribution in [0.25, 0.3) is 10.6 Å². The zero-order chi connectivity index (χ0) is 25.1. The number of hydrogen-bond donors (Lipinski definition) is 2. The molecule has 0 unspecified atom stereocenters. The Morgan fingerprint density at radius 2 is 2.00 bits per heavy atom. The molecular formula is C25H27FN4O4S. The molecule has 35 heavy (non-hydrogen) atoms. The van der Waals surface area contributed by atoms with Crippen LogP contribution in [0.15, 0.2) is 41.5 Å². The Balaban J connectivity index is 1.50. The first-order valence-corrected chi connectivity index (χ1v) is 12.3. The minimum atomic E-state index is -0.699. The molecule has 2 amide bonds. The van der Waals surface area contributed by atoms with Gasteiger partial charge in [-0.15, -0.1) is 11.3 Å². The van der Waals surface area contributed by atoms with Crippen molar-refractivity contribution in [3.05, 3.63) is 68.8 Å². The minimum Gasteiger partial charge on any atom is -0.503 e. The van der Waals surface area contributed by atoms with Crippen LogP contribution in [0, 0.1) is 11.7 Å². The van der Waals surface area contributed by atoms with E-state index in [9.17, 15) is 23.9 Å². The maximum atomic E-state index is 13.1. The molecule has 3 aromatic rings. The number of likely N-dealkylation sites (tertiary alicyclic amines) is 1. The summed E-state index contributed by atoms with van der Waals surface area (Å²) < 4.78 is 13.1. The second-order valence-corrected chi connectivity index (χ2v) is 9.73. The molecular weight excluding hydrogens is 471 g/mol. The van der Waals surface area contributed by atoms with Crippen LogP contribution >= 0.6 is 11.3 Å². The number of aromatic amines is 1. The molecule has 0 saturated carbocycles. The van der Waals surface area contributed by atoms with Crippen molar-refractivity contribution in [3.8, 4) is 16.3 Å². The van der Waals surface area contributed by atoms with Crippen molar-refractivity contribution >= 4 is 23.2 Å². The number of hydrogen-bond acceptors (Lipinski definition) is 6. The molecule has 1 aliphatic rings. The van der Waals surface area contributed by atoms with Crippen LogP contribution < -0.4 is 5.43 Å². The van der Waals surface area contributed by atoms with Gasteiger partial charge in [-0.1, -0.05) is 19.1 Å². The lowest BCUT2D eigenvalue weighted by atomic mass is 10.1. The lowest BCUT2D eigenvalue weighted by molar-refractivity contribution is -0.138. The molecule has 0 radical (unpaired) electrons. The van der Waals surface area contributed by atoms with Gasteiger partial charge < -0.3 is 19.9 Å². The van der Waals surface area contributed by atoms with Gasteiger partial charge in [0.15, 0.2) is 11.4 Å². The molecule has 184 valence electrons. The summed E-state index contributed by atoms with van der Waals surface area (Å²) in [4.78, 5) is 49.5.